The smallest absolute Gasteiger partial charge is 0.319 e. The lowest BCUT2D eigenvalue weighted by atomic mass is 10.1. The van der Waals surface area contributed by atoms with Crippen LogP contribution in [0, 0.1) is 13.8 Å². The third-order valence-electron chi connectivity index (χ3n) is 3.47. The highest BCUT2D eigenvalue weighted by Crippen LogP contribution is 2.32. The van der Waals surface area contributed by atoms with E-state index >= 15 is 0 Å². The van der Waals surface area contributed by atoms with Gasteiger partial charge in [-0.15, -0.1) is 0 Å². The van der Waals surface area contributed by atoms with E-state index < -0.39 is 0 Å². The van der Waals surface area contributed by atoms with Gasteiger partial charge in [0.25, 0.3) is 0 Å². The van der Waals surface area contributed by atoms with Crippen LogP contribution in [0.1, 0.15) is 24.5 Å². The lowest BCUT2D eigenvalue weighted by molar-refractivity contribution is -0.140. The number of nitrogens with zero attached hydrogens (tertiary/aromatic N) is 2. The predicted octanol–water partition coefficient (Wildman–Crippen LogP) is 3.29. The maximum absolute atomic E-state index is 11.8. The molecule has 0 radical (unpaired) electrons. The van der Waals surface area contributed by atoms with E-state index in [1.807, 2.05) is 17.7 Å². The van der Waals surface area contributed by atoms with Crippen molar-refractivity contribution in [2.75, 3.05) is 0 Å². The van der Waals surface area contributed by atoms with Crippen LogP contribution >= 0.6 is 11.8 Å². The van der Waals surface area contributed by atoms with Gasteiger partial charge in [0.1, 0.15) is 11.4 Å². The van der Waals surface area contributed by atoms with Crippen LogP contribution in [-0.2, 0) is 9.53 Å². The number of hydrogen-bond acceptors (Lipinski definition) is 4. The van der Waals surface area contributed by atoms with Crippen LogP contribution in [0.15, 0.2) is 35.7 Å². The molecule has 2 aromatic rings. The average molecular weight is 302 g/mol. The average Bonchev–Trinajstić information content (AvgIpc) is 2.96. The van der Waals surface area contributed by atoms with E-state index in [9.17, 15) is 4.79 Å². The van der Waals surface area contributed by atoms with Gasteiger partial charge in [-0.3, -0.25) is 9.36 Å². The Kier molecular flexibility index (Phi) is 3.76. The molecule has 0 N–H and O–H groups in total. The number of rotatable bonds is 3. The molecule has 0 spiro atoms. The third-order valence-corrected chi connectivity index (χ3v) is 4.65. The molecule has 0 unspecified atom stereocenters. The first-order valence-corrected chi connectivity index (χ1v) is 7.90. The van der Waals surface area contributed by atoms with Gasteiger partial charge in [0, 0.05) is 24.5 Å². The van der Waals surface area contributed by atoms with Gasteiger partial charge >= 0.3 is 5.97 Å². The molecule has 0 amide bonds. The number of ether oxygens (including phenoxy) is 1. The fourth-order valence-electron chi connectivity index (χ4n) is 2.61. The molecular formula is C16H18N2O2S. The van der Waals surface area contributed by atoms with Gasteiger partial charge in [-0.05, 0) is 44.0 Å². The quantitative estimate of drug-likeness (QED) is 0.816. The summed E-state index contributed by atoms with van der Waals surface area (Å²) in [6, 6.07) is 6.38. The minimum atomic E-state index is -0.160. The van der Waals surface area contributed by atoms with Crippen LogP contribution in [0.25, 0.3) is 5.69 Å². The zero-order valence-corrected chi connectivity index (χ0v) is 13.2. The van der Waals surface area contributed by atoms with Gasteiger partial charge in [-0.1, -0.05) is 17.8 Å². The molecule has 4 nitrogen and oxygen atoms in total. The second kappa shape index (κ2) is 5.56. The Morgan fingerprint density at radius 2 is 2.00 bits per heavy atom. The number of aromatic nitrogens is 2. The molecule has 5 heteroatoms. The summed E-state index contributed by atoms with van der Waals surface area (Å²) in [7, 11) is 0. The predicted molar refractivity (Wildman–Crippen MR) is 82.9 cm³/mol. The van der Waals surface area contributed by atoms with Gasteiger partial charge < -0.3 is 4.74 Å². The third kappa shape index (κ3) is 2.97. The van der Waals surface area contributed by atoms with Crippen LogP contribution < -0.4 is 0 Å². The maximum Gasteiger partial charge on any atom is 0.319 e. The van der Waals surface area contributed by atoms with E-state index in [4.69, 9.17) is 4.74 Å². The maximum atomic E-state index is 11.8. The summed E-state index contributed by atoms with van der Waals surface area (Å²) in [5.74, 6) is -0.137. The van der Waals surface area contributed by atoms with E-state index in [1.165, 1.54) is 22.9 Å². The number of imidazole rings is 1. The Morgan fingerprint density at radius 1 is 1.29 bits per heavy atom. The summed E-state index contributed by atoms with van der Waals surface area (Å²) >= 11 is 1.48. The van der Waals surface area contributed by atoms with Gasteiger partial charge in [0.2, 0.25) is 0 Å². The Labute approximate surface area is 128 Å². The largest absolute Gasteiger partial charge is 0.462 e. The highest BCUT2D eigenvalue weighted by Gasteiger charge is 2.33. The summed E-state index contributed by atoms with van der Waals surface area (Å²) < 4.78 is 7.24. The Bertz CT molecular complexity index is 660. The van der Waals surface area contributed by atoms with E-state index in [0.717, 1.165) is 17.3 Å². The molecule has 110 valence electrons. The number of benzene rings is 1. The molecule has 1 aliphatic rings. The molecule has 2 atom stereocenters. The molecule has 1 aromatic carbocycles. The van der Waals surface area contributed by atoms with E-state index in [0.29, 0.717) is 0 Å². The van der Waals surface area contributed by atoms with Crippen LogP contribution in [0.5, 0.6) is 0 Å². The molecule has 0 aliphatic carbocycles. The standard InChI is InChI=1S/C16H18N2O2S/c1-10-6-11(2)8-13(7-10)18-5-4-17-16(18)21-14-9-12(3)20-15(14)19/h4-8,12,14H,9H2,1-3H3/t12-,14+/m0/s1. The van der Waals surface area contributed by atoms with Crippen LogP contribution in [0.4, 0.5) is 0 Å². The summed E-state index contributed by atoms with van der Waals surface area (Å²) in [6.45, 7) is 6.08. The van der Waals surface area contributed by atoms with Crippen molar-refractivity contribution in [3.63, 3.8) is 0 Å². The van der Waals surface area contributed by atoms with Crippen molar-refractivity contribution in [2.24, 2.45) is 0 Å². The fraction of sp³-hybridized carbons (Fsp3) is 0.375. The van der Waals surface area contributed by atoms with Crippen LogP contribution in [-0.4, -0.2) is 26.9 Å². The summed E-state index contributed by atoms with van der Waals surface area (Å²) in [5, 5.41) is 0.670. The van der Waals surface area contributed by atoms with E-state index in [-0.39, 0.29) is 17.3 Å². The molecule has 0 bridgehead atoms. The Hall–Kier alpha value is -1.75. The zero-order chi connectivity index (χ0) is 15.0. The lowest BCUT2D eigenvalue weighted by Crippen LogP contribution is -2.11. The molecular weight excluding hydrogens is 284 g/mol. The number of hydrogen-bond donors (Lipinski definition) is 0. The van der Waals surface area contributed by atoms with Crippen molar-refractivity contribution in [3.8, 4) is 5.69 Å². The number of carbonyl (C=O) groups is 1. The number of carbonyl (C=O) groups excluding carboxylic acids is 1. The number of aryl methyl sites for hydroxylation is 2. The monoisotopic (exact) mass is 302 g/mol. The number of esters is 1. The summed E-state index contributed by atoms with van der Waals surface area (Å²) in [4.78, 5) is 16.2. The molecule has 3 rings (SSSR count). The second-order valence-corrected chi connectivity index (χ2v) is 6.69. The van der Waals surface area contributed by atoms with Gasteiger partial charge in [0.15, 0.2) is 5.16 Å². The number of cyclic esters (lactones) is 1. The Morgan fingerprint density at radius 3 is 2.62 bits per heavy atom. The topological polar surface area (TPSA) is 44.1 Å². The molecule has 21 heavy (non-hydrogen) atoms. The summed E-state index contributed by atoms with van der Waals surface area (Å²) in [6.07, 6.45) is 4.44. The van der Waals surface area contributed by atoms with E-state index in [2.05, 4.69) is 37.0 Å². The van der Waals surface area contributed by atoms with Gasteiger partial charge in [-0.2, -0.15) is 0 Å². The molecule has 1 aromatic heterocycles. The van der Waals surface area contributed by atoms with Crippen molar-refractivity contribution >= 4 is 17.7 Å². The zero-order valence-electron chi connectivity index (χ0n) is 12.4. The van der Waals surface area contributed by atoms with Crippen molar-refractivity contribution in [1.82, 2.24) is 9.55 Å². The first-order valence-electron chi connectivity index (χ1n) is 7.02. The molecule has 1 aliphatic heterocycles. The van der Waals surface area contributed by atoms with Gasteiger partial charge in [0.05, 0.1) is 0 Å². The lowest BCUT2D eigenvalue weighted by Gasteiger charge is -2.11. The summed E-state index contributed by atoms with van der Waals surface area (Å²) in [5.41, 5.74) is 3.50. The molecule has 2 heterocycles. The van der Waals surface area contributed by atoms with Crippen LogP contribution in [0.3, 0.4) is 0 Å². The van der Waals surface area contributed by atoms with Crippen molar-refractivity contribution in [2.45, 2.75) is 43.7 Å². The first-order chi connectivity index (χ1) is 10.0. The fourth-order valence-corrected chi connectivity index (χ4v) is 3.78. The van der Waals surface area contributed by atoms with Crippen molar-refractivity contribution < 1.29 is 9.53 Å². The Balaban J connectivity index is 1.89. The SMILES string of the molecule is Cc1cc(C)cc(-n2ccnc2S[C@@H]2C[C@H](C)OC2=O)c1. The van der Waals surface area contributed by atoms with Crippen LogP contribution in [0.2, 0.25) is 0 Å². The molecule has 0 saturated carbocycles. The molecule has 1 fully saturated rings. The van der Waals surface area contributed by atoms with E-state index in [1.54, 1.807) is 6.20 Å². The second-order valence-electron chi connectivity index (χ2n) is 5.52. The van der Waals surface area contributed by atoms with Crippen molar-refractivity contribution in [3.05, 3.63) is 41.7 Å². The normalized spacial score (nSPS) is 21.6. The van der Waals surface area contributed by atoms with Gasteiger partial charge in [-0.25, -0.2) is 4.98 Å². The minimum absolute atomic E-state index is 0.000346. The highest BCUT2D eigenvalue weighted by atomic mass is 32.2. The number of thioether (sulfide) groups is 1. The highest BCUT2D eigenvalue weighted by molar-refractivity contribution is 8.00. The minimum Gasteiger partial charge on any atom is -0.462 e. The molecule has 1 saturated heterocycles. The first kappa shape index (κ1) is 14.2. The van der Waals surface area contributed by atoms with Crippen molar-refractivity contribution in [1.29, 1.82) is 0 Å².